The first kappa shape index (κ1) is 19.8. The third-order valence-corrected chi connectivity index (χ3v) is 5.65. The summed E-state index contributed by atoms with van der Waals surface area (Å²) in [5.74, 6) is -2.50. The van der Waals surface area contributed by atoms with Gasteiger partial charge in [-0.1, -0.05) is 30.3 Å². The van der Waals surface area contributed by atoms with E-state index in [4.69, 9.17) is 4.74 Å². The molecule has 4 nitrogen and oxygen atoms in total. The highest BCUT2D eigenvalue weighted by atomic mass is 19.3. The first-order chi connectivity index (χ1) is 13.9. The van der Waals surface area contributed by atoms with Crippen LogP contribution in [0.1, 0.15) is 35.6 Å². The highest BCUT2D eigenvalue weighted by Crippen LogP contribution is 2.48. The van der Waals surface area contributed by atoms with Gasteiger partial charge in [-0.05, 0) is 40.8 Å². The number of halogens is 2. The smallest absolute Gasteiger partial charge is 0.255 e. The number of carbonyl (C=O) groups excluding carboxylic acids is 1. The number of nitrogens with zero attached hydrogens (tertiary/aromatic N) is 1. The van der Waals surface area contributed by atoms with Crippen LogP contribution in [0.15, 0.2) is 42.5 Å². The van der Waals surface area contributed by atoms with Crippen molar-refractivity contribution in [2.75, 3.05) is 13.2 Å². The van der Waals surface area contributed by atoms with Crippen molar-refractivity contribution in [1.82, 2.24) is 10.2 Å². The van der Waals surface area contributed by atoms with Crippen LogP contribution in [0.2, 0.25) is 0 Å². The second kappa shape index (κ2) is 8.11. The van der Waals surface area contributed by atoms with E-state index < -0.39 is 11.8 Å². The molecular formula is C23H26F2N2O2. The van der Waals surface area contributed by atoms with Crippen molar-refractivity contribution < 1.29 is 18.3 Å². The topological polar surface area (TPSA) is 41.6 Å². The van der Waals surface area contributed by atoms with E-state index in [1.165, 1.54) is 23.6 Å². The van der Waals surface area contributed by atoms with Gasteiger partial charge in [-0.2, -0.15) is 0 Å². The maximum atomic E-state index is 13.0. The Morgan fingerprint density at radius 2 is 1.90 bits per heavy atom. The van der Waals surface area contributed by atoms with Crippen LogP contribution >= 0.6 is 0 Å². The summed E-state index contributed by atoms with van der Waals surface area (Å²) in [5, 5.41) is 2.80. The SMILES string of the molecule is CC(=O)NCc1ccc(CN2CCc3cc(OCC4CC4(F)F)ccc3C2)cc1. The molecule has 1 unspecified atom stereocenters. The Bertz CT molecular complexity index is 883. The molecule has 1 aliphatic carbocycles. The molecule has 2 aliphatic rings. The third-order valence-electron chi connectivity index (χ3n) is 5.65. The summed E-state index contributed by atoms with van der Waals surface area (Å²) in [6.07, 6.45) is 0.869. The summed E-state index contributed by atoms with van der Waals surface area (Å²) < 4.78 is 31.5. The minimum Gasteiger partial charge on any atom is -0.493 e. The predicted molar refractivity (Wildman–Crippen MR) is 107 cm³/mol. The number of hydrogen-bond acceptors (Lipinski definition) is 3. The number of amides is 1. The molecule has 6 heteroatoms. The Morgan fingerprint density at radius 3 is 2.59 bits per heavy atom. The number of benzene rings is 2. The fourth-order valence-corrected chi connectivity index (χ4v) is 3.71. The average Bonchev–Trinajstić information content (AvgIpc) is 3.32. The molecule has 1 amide bonds. The Hall–Kier alpha value is -2.47. The molecule has 0 aromatic heterocycles. The van der Waals surface area contributed by atoms with Gasteiger partial charge in [0, 0.05) is 39.5 Å². The van der Waals surface area contributed by atoms with Gasteiger partial charge in [0.25, 0.3) is 5.92 Å². The van der Waals surface area contributed by atoms with Gasteiger partial charge in [0.15, 0.2) is 0 Å². The molecule has 0 spiro atoms. The van der Waals surface area contributed by atoms with Crippen molar-refractivity contribution in [2.45, 2.75) is 45.3 Å². The van der Waals surface area contributed by atoms with Gasteiger partial charge >= 0.3 is 0 Å². The minimum atomic E-state index is -2.53. The summed E-state index contributed by atoms with van der Waals surface area (Å²) in [4.78, 5) is 13.4. The van der Waals surface area contributed by atoms with Gasteiger partial charge < -0.3 is 10.1 Å². The molecule has 0 saturated heterocycles. The molecule has 1 aliphatic heterocycles. The van der Waals surface area contributed by atoms with Crippen molar-refractivity contribution >= 4 is 5.91 Å². The second-order valence-electron chi connectivity index (χ2n) is 8.09. The van der Waals surface area contributed by atoms with Crippen LogP contribution in [0.25, 0.3) is 0 Å². The van der Waals surface area contributed by atoms with E-state index in [1.807, 2.05) is 12.1 Å². The quantitative estimate of drug-likeness (QED) is 0.766. The van der Waals surface area contributed by atoms with Gasteiger partial charge in [0.1, 0.15) is 5.75 Å². The van der Waals surface area contributed by atoms with Crippen LogP contribution in [-0.4, -0.2) is 29.9 Å². The molecule has 1 fully saturated rings. The van der Waals surface area contributed by atoms with E-state index in [9.17, 15) is 13.6 Å². The average molecular weight is 400 g/mol. The summed E-state index contributed by atoms with van der Waals surface area (Å²) in [7, 11) is 0. The first-order valence-electron chi connectivity index (χ1n) is 10.1. The molecule has 0 bridgehead atoms. The zero-order valence-corrected chi connectivity index (χ0v) is 16.6. The van der Waals surface area contributed by atoms with Gasteiger partial charge in [0.2, 0.25) is 5.91 Å². The van der Waals surface area contributed by atoms with Crippen LogP contribution in [0.3, 0.4) is 0 Å². The van der Waals surface area contributed by atoms with Gasteiger partial charge in [-0.25, -0.2) is 8.78 Å². The Morgan fingerprint density at radius 1 is 1.17 bits per heavy atom. The molecule has 2 aromatic rings. The fourth-order valence-electron chi connectivity index (χ4n) is 3.71. The maximum Gasteiger partial charge on any atom is 0.255 e. The van der Waals surface area contributed by atoms with E-state index >= 15 is 0 Å². The van der Waals surface area contributed by atoms with Crippen LogP contribution in [0, 0.1) is 5.92 Å². The van der Waals surface area contributed by atoms with E-state index in [0.717, 1.165) is 31.6 Å². The Kier molecular flexibility index (Phi) is 5.54. The number of alkyl halides is 2. The maximum absolute atomic E-state index is 13.0. The fraction of sp³-hybridized carbons (Fsp3) is 0.435. The van der Waals surface area contributed by atoms with Crippen LogP contribution in [0.5, 0.6) is 5.75 Å². The molecule has 1 saturated carbocycles. The molecule has 154 valence electrons. The van der Waals surface area contributed by atoms with Gasteiger partial charge in [0.05, 0.1) is 12.5 Å². The number of rotatable bonds is 7. The van der Waals surface area contributed by atoms with Crippen molar-refractivity contribution in [1.29, 1.82) is 0 Å². The van der Waals surface area contributed by atoms with Crippen LogP contribution in [0.4, 0.5) is 8.78 Å². The largest absolute Gasteiger partial charge is 0.493 e. The summed E-state index contributed by atoms with van der Waals surface area (Å²) in [6.45, 7) is 4.85. The number of nitrogens with one attached hydrogen (secondary N) is 1. The molecule has 1 atom stereocenters. The number of ether oxygens (including phenoxy) is 1. The molecular weight excluding hydrogens is 374 g/mol. The Balaban J connectivity index is 1.30. The molecule has 0 radical (unpaired) electrons. The van der Waals surface area contributed by atoms with Crippen LogP contribution < -0.4 is 10.1 Å². The van der Waals surface area contributed by atoms with Crippen molar-refractivity contribution in [3.63, 3.8) is 0 Å². The lowest BCUT2D eigenvalue weighted by Gasteiger charge is -2.29. The van der Waals surface area contributed by atoms with Crippen LogP contribution in [-0.2, 0) is 30.8 Å². The number of hydrogen-bond donors (Lipinski definition) is 1. The zero-order chi connectivity index (χ0) is 20.4. The second-order valence-corrected chi connectivity index (χ2v) is 8.09. The van der Waals surface area contributed by atoms with Crippen molar-refractivity contribution in [3.8, 4) is 5.75 Å². The molecule has 2 aromatic carbocycles. The van der Waals surface area contributed by atoms with Crippen molar-refractivity contribution in [2.24, 2.45) is 5.92 Å². The Labute approximate surface area is 169 Å². The number of carbonyl (C=O) groups is 1. The van der Waals surface area contributed by atoms with Crippen molar-refractivity contribution in [3.05, 3.63) is 64.7 Å². The normalized spacial score (nSPS) is 20.0. The van der Waals surface area contributed by atoms with Gasteiger partial charge in [-0.3, -0.25) is 9.69 Å². The summed E-state index contributed by atoms with van der Waals surface area (Å²) in [6, 6.07) is 14.3. The highest BCUT2D eigenvalue weighted by Gasteiger charge is 2.57. The number of fused-ring (bicyclic) bond motifs is 1. The molecule has 29 heavy (non-hydrogen) atoms. The predicted octanol–water partition coefficient (Wildman–Crippen LogP) is 3.92. The molecule has 1 N–H and O–H groups in total. The summed E-state index contributed by atoms with van der Waals surface area (Å²) >= 11 is 0. The van der Waals surface area contributed by atoms with E-state index in [2.05, 4.69) is 40.5 Å². The minimum absolute atomic E-state index is 0.0277. The lowest BCUT2D eigenvalue weighted by atomic mass is 9.99. The molecule has 4 rings (SSSR count). The van der Waals surface area contributed by atoms with Gasteiger partial charge in [-0.15, -0.1) is 0 Å². The standard InChI is InChI=1S/C23H26F2N2O2/c1-16(28)26-12-17-2-4-18(5-3-17)13-27-9-8-19-10-22(7-6-20(19)14-27)29-15-21-11-23(21,24)25/h2-7,10,21H,8-9,11-15H2,1H3,(H,26,28). The first-order valence-corrected chi connectivity index (χ1v) is 10.1. The lowest BCUT2D eigenvalue weighted by molar-refractivity contribution is -0.119. The lowest BCUT2D eigenvalue weighted by Crippen LogP contribution is -2.30. The van der Waals surface area contributed by atoms with E-state index in [1.54, 1.807) is 0 Å². The monoisotopic (exact) mass is 400 g/mol. The summed E-state index contributed by atoms with van der Waals surface area (Å²) in [5.41, 5.74) is 4.84. The highest BCUT2D eigenvalue weighted by molar-refractivity contribution is 5.72. The van der Waals surface area contributed by atoms with E-state index in [-0.39, 0.29) is 18.9 Å². The zero-order valence-electron chi connectivity index (χ0n) is 16.6. The third kappa shape index (κ3) is 5.12. The molecule has 1 heterocycles. The van der Waals surface area contributed by atoms with E-state index in [0.29, 0.717) is 12.3 Å².